The number of amides is 1. The normalized spacial score (nSPS) is 20.1. The van der Waals surface area contributed by atoms with Crippen molar-refractivity contribution in [1.29, 1.82) is 0 Å². The van der Waals surface area contributed by atoms with E-state index in [1.807, 2.05) is 30.3 Å². The van der Waals surface area contributed by atoms with Crippen molar-refractivity contribution in [3.05, 3.63) is 53.1 Å². The molecule has 0 N–H and O–H groups in total. The lowest BCUT2D eigenvalue weighted by Crippen LogP contribution is -2.31. The van der Waals surface area contributed by atoms with Crippen molar-refractivity contribution in [2.75, 3.05) is 21.3 Å². The Bertz CT molecular complexity index is 954. The van der Waals surface area contributed by atoms with E-state index in [9.17, 15) is 4.79 Å². The van der Waals surface area contributed by atoms with Gasteiger partial charge in [0.05, 0.1) is 33.1 Å². The first-order valence-corrected chi connectivity index (χ1v) is 9.35. The van der Waals surface area contributed by atoms with Crippen molar-refractivity contribution >= 4 is 11.6 Å². The van der Waals surface area contributed by atoms with Crippen LogP contribution >= 0.6 is 0 Å². The van der Waals surface area contributed by atoms with E-state index in [1.165, 1.54) is 5.56 Å². The summed E-state index contributed by atoms with van der Waals surface area (Å²) in [5, 5.41) is 6.36. The van der Waals surface area contributed by atoms with E-state index in [0.717, 1.165) is 35.4 Å². The van der Waals surface area contributed by atoms with Gasteiger partial charge in [0.2, 0.25) is 5.91 Å². The average Bonchev–Trinajstić information content (AvgIpc) is 3.13. The standard InChI is InChI=1S/C22H24N2O4/c1-13(25)24-22(15-7-10-19(27-3)20(11-15)28-4)17-9-6-14-5-8-16(26-2)12-18(14)21(17)23-24/h5,7-8,10-12,17,22H,6,9H2,1-4H3/t17-,22+/m1/s1. The number of hydrogen-bond acceptors (Lipinski definition) is 5. The summed E-state index contributed by atoms with van der Waals surface area (Å²) < 4.78 is 16.2. The van der Waals surface area contributed by atoms with Gasteiger partial charge in [0.1, 0.15) is 5.75 Å². The Balaban J connectivity index is 1.79. The molecule has 0 unspecified atom stereocenters. The van der Waals surface area contributed by atoms with Crippen molar-refractivity contribution < 1.29 is 19.0 Å². The van der Waals surface area contributed by atoms with Gasteiger partial charge in [-0.1, -0.05) is 12.1 Å². The number of benzene rings is 2. The first-order chi connectivity index (χ1) is 13.6. The lowest BCUT2D eigenvalue weighted by molar-refractivity contribution is -0.131. The zero-order valence-corrected chi connectivity index (χ0v) is 16.6. The van der Waals surface area contributed by atoms with Gasteiger partial charge in [-0.3, -0.25) is 4.79 Å². The molecular formula is C22H24N2O4. The molecule has 0 spiro atoms. The Morgan fingerprint density at radius 2 is 1.82 bits per heavy atom. The summed E-state index contributed by atoms with van der Waals surface area (Å²) in [5.41, 5.74) is 4.26. The number of aryl methyl sites for hydroxylation is 1. The topological polar surface area (TPSA) is 60.4 Å². The second kappa shape index (κ2) is 7.19. The van der Waals surface area contributed by atoms with Crippen LogP contribution in [0, 0.1) is 5.92 Å². The SMILES string of the molecule is COc1ccc2c(c1)C1=NN(C(C)=O)[C@@H](c3ccc(OC)c(OC)c3)[C@@H]1CC2. The van der Waals surface area contributed by atoms with Crippen LogP contribution in [-0.4, -0.2) is 38.0 Å². The van der Waals surface area contributed by atoms with Crippen LogP contribution in [0.4, 0.5) is 0 Å². The minimum absolute atomic E-state index is 0.0777. The van der Waals surface area contributed by atoms with Gasteiger partial charge in [0.25, 0.3) is 0 Å². The van der Waals surface area contributed by atoms with Crippen LogP contribution in [0.2, 0.25) is 0 Å². The van der Waals surface area contributed by atoms with E-state index < -0.39 is 0 Å². The fourth-order valence-electron chi connectivity index (χ4n) is 4.25. The smallest absolute Gasteiger partial charge is 0.240 e. The van der Waals surface area contributed by atoms with Crippen molar-refractivity contribution in [3.63, 3.8) is 0 Å². The highest BCUT2D eigenvalue weighted by atomic mass is 16.5. The minimum atomic E-state index is -0.161. The first-order valence-electron chi connectivity index (χ1n) is 9.35. The number of methoxy groups -OCH3 is 3. The lowest BCUT2D eigenvalue weighted by Gasteiger charge is -2.29. The number of hydrogen-bond donors (Lipinski definition) is 0. The second-order valence-electron chi connectivity index (χ2n) is 7.08. The van der Waals surface area contributed by atoms with E-state index in [2.05, 4.69) is 6.07 Å². The minimum Gasteiger partial charge on any atom is -0.497 e. The van der Waals surface area contributed by atoms with Gasteiger partial charge in [0.15, 0.2) is 11.5 Å². The molecule has 0 saturated heterocycles. The van der Waals surface area contributed by atoms with E-state index in [1.54, 1.807) is 33.3 Å². The number of fused-ring (bicyclic) bond motifs is 3. The van der Waals surface area contributed by atoms with Crippen LogP contribution < -0.4 is 14.2 Å². The molecule has 0 fully saturated rings. The van der Waals surface area contributed by atoms with Crippen molar-refractivity contribution in [3.8, 4) is 17.2 Å². The van der Waals surface area contributed by atoms with Gasteiger partial charge in [-0.2, -0.15) is 5.10 Å². The van der Waals surface area contributed by atoms with Crippen LogP contribution in [-0.2, 0) is 11.2 Å². The molecule has 1 heterocycles. The predicted molar refractivity (Wildman–Crippen MR) is 106 cm³/mol. The summed E-state index contributed by atoms with van der Waals surface area (Å²) >= 11 is 0. The number of hydrazone groups is 1. The molecule has 0 saturated carbocycles. The molecule has 2 aromatic carbocycles. The van der Waals surface area contributed by atoms with Gasteiger partial charge in [-0.15, -0.1) is 0 Å². The first kappa shape index (κ1) is 18.3. The Morgan fingerprint density at radius 3 is 2.50 bits per heavy atom. The van der Waals surface area contributed by atoms with Gasteiger partial charge >= 0.3 is 0 Å². The molecule has 4 rings (SSSR count). The van der Waals surface area contributed by atoms with E-state index >= 15 is 0 Å². The van der Waals surface area contributed by atoms with Crippen molar-refractivity contribution in [2.24, 2.45) is 11.0 Å². The molecular weight excluding hydrogens is 356 g/mol. The highest BCUT2D eigenvalue weighted by Gasteiger charge is 2.43. The molecule has 6 nitrogen and oxygen atoms in total. The third kappa shape index (κ3) is 2.89. The molecule has 1 aliphatic heterocycles. The van der Waals surface area contributed by atoms with E-state index in [4.69, 9.17) is 19.3 Å². The van der Waals surface area contributed by atoms with Crippen molar-refractivity contribution in [2.45, 2.75) is 25.8 Å². The fraction of sp³-hybridized carbons (Fsp3) is 0.364. The molecule has 0 aromatic heterocycles. The summed E-state index contributed by atoms with van der Waals surface area (Å²) in [6, 6.07) is 11.7. The molecule has 0 radical (unpaired) electrons. The molecule has 2 aliphatic rings. The van der Waals surface area contributed by atoms with Gasteiger partial charge in [0, 0.05) is 18.4 Å². The molecule has 2 atom stereocenters. The highest BCUT2D eigenvalue weighted by Crippen LogP contribution is 2.45. The second-order valence-corrected chi connectivity index (χ2v) is 7.08. The molecule has 6 heteroatoms. The van der Waals surface area contributed by atoms with Gasteiger partial charge in [-0.05, 0) is 48.2 Å². The van der Waals surface area contributed by atoms with Gasteiger partial charge in [-0.25, -0.2) is 5.01 Å². The Labute approximate surface area is 164 Å². The van der Waals surface area contributed by atoms with Crippen LogP contribution in [0.5, 0.6) is 17.2 Å². The maximum Gasteiger partial charge on any atom is 0.240 e. The zero-order chi connectivity index (χ0) is 19.8. The van der Waals surface area contributed by atoms with Crippen molar-refractivity contribution in [1.82, 2.24) is 5.01 Å². The Hall–Kier alpha value is -3.02. The predicted octanol–water partition coefficient (Wildman–Crippen LogP) is 3.58. The van der Waals surface area contributed by atoms with E-state index in [-0.39, 0.29) is 17.9 Å². The number of carbonyl (C=O) groups is 1. The molecule has 0 bridgehead atoms. The summed E-state index contributed by atoms with van der Waals surface area (Å²) in [5.74, 6) is 2.16. The largest absolute Gasteiger partial charge is 0.497 e. The van der Waals surface area contributed by atoms with Crippen LogP contribution in [0.3, 0.4) is 0 Å². The average molecular weight is 380 g/mol. The molecule has 1 amide bonds. The maximum absolute atomic E-state index is 12.4. The fourth-order valence-corrected chi connectivity index (χ4v) is 4.25. The monoisotopic (exact) mass is 380 g/mol. The molecule has 146 valence electrons. The Morgan fingerprint density at radius 1 is 1.04 bits per heavy atom. The van der Waals surface area contributed by atoms with Crippen LogP contribution in [0.25, 0.3) is 0 Å². The maximum atomic E-state index is 12.4. The lowest BCUT2D eigenvalue weighted by atomic mass is 9.77. The van der Waals surface area contributed by atoms with Gasteiger partial charge < -0.3 is 14.2 Å². The molecule has 1 aliphatic carbocycles. The summed E-state index contributed by atoms with van der Waals surface area (Å²) in [6.07, 6.45) is 1.87. The number of rotatable bonds is 4. The third-order valence-electron chi connectivity index (χ3n) is 5.60. The highest BCUT2D eigenvalue weighted by molar-refractivity contribution is 6.07. The Kier molecular flexibility index (Phi) is 4.71. The summed E-state index contributed by atoms with van der Waals surface area (Å²) in [7, 11) is 4.89. The molecule has 28 heavy (non-hydrogen) atoms. The number of nitrogens with zero attached hydrogens (tertiary/aromatic N) is 2. The van der Waals surface area contributed by atoms with Crippen LogP contribution in [0.15, 0.2) is 41.5 Å². The third-order valence-corrected chi connectivity index (χ3v) is 5.60. The van der Waals surface area contributed by atoms with Crippen LogP contribution in [0.1, 0.15) is 36.1 Å². The number of ether oxygens (including phenoxy) is 3. The summed E-state index contributed by atoms with van der Waals surface area (Å²) in [4.78, 5) is 12.4. The summed E-state index contributed by atoms with van der Waals surface area (Å²) in [6.45, 7) is 1.56. The molecule has 2 aromatic rings. The zero-order valence-electron chi connectivity index (χ0n) is 16.6. The quantitative estimate of drug-likeness (QED) is 0.813. The van der Waals surface area contributed by atoms with E-state index in [0.29, 0.717) is 11.5 Å². The number of carbonyl (C=O) groups excluding carboxylic acids is 1.